The van der Waals surface area contributed by atoms with E-state index in [1.54, 1.807) is 17.0 Å². The van der Waals surface area contributed by atoms with Crippen LogP contribution >= 0.6 is 0 Å². The summed E-state index contributed by atoms with van der Waals surface area (Å²) in [6.07, 6.45) is 3.18. The van der Waals surface area contributed by atoms with Crippen molar-refractivity contribution in [2.24, 2.45) is 12.8 Å². The van der Waals surface area contributed by atoms with Crippen molar-refractivity contribution in [2.75, 3.05) is 6.54 Å². The molecule has 0 aliphatic rings. The maximum Gasteiger partial charge on any atom is 0.312 e. The van der Waals surface area contributed by atoms with E-state index in [2.05, 4.69) is 9.97 Å². The van der Waals surface area contributed by atoms with Crippen molar-refractivity contribution in [3.05, 3.63) is 24.2 Å². The third kappa shape index (κ3) is 1.63. The van der Waals surface area contributed by atoms with Crippen LogP contribution in [0.25, 0.3) is 11.2 Å². The predicted octanol–water partition coefficient (Wildman–Crippen LogP) is 0.0952. The summed E-state index contributed by atoms with van der Waals surface area (Å²) in [7, 11) is 1.83. The first kappa shape index (κ1) is 10.6. The maximum absolute atomic E-state index is 10.9. The number of carboxylic acids is 1. The van der Waals surface area contributed by atoms with E-state index >= 15 is 0 Å². The van der Waals surface area contributed by atoms with Crippen molar-refractivity contribution in [3.63, 3.8) is 0 Å². The maximum atomic E-state index is 10.9. The number of imidazole rings is 1. The van der Waals surface area contributed by atoms with Crippen LogP contribution in [0.5, 0.6) is 0 Å². The number of carboxylic acid groups (broad SMARTS) is 1. The van der Waals surface area contributed by atoms with Gasteiger partial charge in [-0.1, -0.05) is 0 Å². The third-order valence-corrected chi connectivity index (χ3v) is 2.51. The second-order valence-electron chi connectivity index (χ2n) is 3.59. The number of aryl methyl sites for hydroxylation is 1. The van der Waals surface area contributed by atoms with Crippen molar-refractivity contribution in [1.82, 2.24) is 14.5 Å². The monoisotopic (exact) mass is 220 g/mol. The molecule has 16 heavy (non-hydrogen) atoms. The van der Waals surface area contributed by atoms with Gasteiger partial charge in [0.15, 0.2) is 5.65 Å². The van der Waals surface area contributed by atoms with Gasteiger partial charge >= 0.3 is 5.97 Å². The van der Waals surface area contributed by atoms with Crippen molar-refractivity contribution in [1.29, 1.82) is 0 Å². The van der Waals surface area contributed by atoms with Crippen LogP contribution in [0, 0.1) is 0 Å². The highest BCUT2D eigenvalue weighted by molar-refractivity contribution is 5.79. The summed E-state index contributed by atoms with van der Waals surface area (Å²) < 4.78 is 1.78. The lowest BCUT2D eigenvalue weighted by Gasteiger charge is -2.08. The zero-order valence-corrected chi connectivity index (χ0v) is 8.79. The summed E-state index contributed by atoms with van der Waals surface area (Å²) in [4.78, 5) is 19.2. The van der Waals surface area contributed by atoms with E-state index in [-0.39, 0.29) is 6.54 Å². The number of hydrogen-bond donors (Lipinski definition) is 2. The molecule has 0 saturated heterocycles. The second kappa shape index (κ2) is 3.90. The minimum absolute atomic E-state index is 0.0509. The number of rotatable bonds is 3. The van der Waals surface area contributed by atoms with E-state index in [9.17, 15) is 4.79 Å². The first-order valence-corrected chi connectivity index (χ1v) is 4.83. The molecular weight excluding hydrogens is 208 g/mol. The van der Waals surface area contributed by atoms with Gasteiger partial charge in [0, 0.05) is 19.8 Å². The summed E-state index contributed by atoms with van der Waals surface area (Å²) in [6, 6.07) is 1.72. The van der Waals surface area contributed by atoms with Crippen LogP contribution in [-0.2, 0) is 11.8 Å². The van der Waals surface area contributed by atoms with Gasteiger partial charge in [-0.2, -0.15) is 0 Å². The molecule has 1 unspecified atom stereocenters. The summed E-state index contributed by atoms with van der Waals surface area (Å²) >= 11 is 0. The van der Waals surface area contributed by atoms with Crippen molar-refractivity contribution in [2.45, 2.75) is 5.92 Å². The zero-order valence-electron chi connectivity index (χ0n) is 8.79. The molecule has 0 aromatic carbocycles. The van der Waals surface area contributed by atoms with Gasteiger partial charge in [-0.15, -0.1) is 0 Å². The molecule has 2 aromatic rings. The van der Waals surface area contributed by atoms with Gasteiger partial charge in [0.2, 0.25) is 0 Å². The molecule has 6 heteroatoms. The first-order valence-electron chi connectivity index (χ1n) is 4.83. The average Bonchev–Trinajstić information content (AvgIpc) is 2.61. The van der Waals surface area contributed by atoms with E-state index in [0.717, 1.165) is 5.65 Å². The number of pyridine rings is 1. The SMILES string of the molecule is Cn1cnc2cc(C(CN)C(=O)O)cnc21. The highest BCUT2D eigenvalue weighted by Gasteiger charge is 2.19. The molecule has 0 aliphatic heterocycles. The highest BCUT2D eigenvalue weighted by Crippen LogP contribution is 2.18. The minimum Gasteiger partial charge on any atom is -0.481 e. The van der Waals surface area contributed by atoms with Crippen molar-refractivity contribution >= 4 is 17.1 Å². The standard InChI is InChI=1S/C10H12N4O2/c1-14-5-13-8-2-6(4-12-9(8)14)7(3-11)10(15)16/h2,4-5,7H,3,11H2,1H3,(H,15,16). The van der Waals surface area contributed by atoms with Crippen LogP contribution in [0.2, 0.25) is 0 Å². The lowest BCUT2D eigenvalue weighted by molar-refractivity contribution is -0.138. The van der Waals surface area contributed by atoms with E-state index in [1.807, 2.05) is 7.05 Å². The molecule has 3 N–H and O–H groups in total. The fourth-order valence-electron chi connectivity index (χ4n) is 1.60. The third-order valence-electron chi connectivity index (χ3n) is 2.51. The molecule has 0 fully saturated rings. The molecule has 2 rings (SSSR count). The molecule has 0 aliphatic carbocycles. The molecule has 0 bridgehead atoms. The number of nitrogens with two attached hydrogens (primary N) is 1. The van der Waals surface area contributed by atoms with Crippen LogP contribution in [0.3, 0.4) is 0 Å². The van der Waals surface area contributed by atoms with E-state index < -0.39 is 11.9 Å². The van der Waals surface area contributed by atoms with Crippen LogP contribution in [0.15, 0.2) is 18.6 Å². The molecule has 84 valence electrons. The topological polar surface area (TPSA) is 94.0 Å². The Morgan fingerprint density at radius 2 is 2.38 bits per heavy atom. The van der Waals surface area contributed by atoms with Crippen LogP contribution in [0.4, 0.5) is 0 Å². The molecular formula is C10H12N4O2. The molecule has 0 saturated carbocycles. The van der Waals surface area contributed by atoms with Gasteiger partial charge in [0.1, 0.15) is 5.52 Å². The Morgan fingerprint density at radius 1 is 1.62 bits per heavy atom. The van der Waals surface area contributed by atoms with Crippen LogP contribution < -0.4 is 5.73 Å². The summed E-state index contributed by atoms with van der Waals surface area (Å²) in [6.45, 7) is 0.0509. The number of nitrogens with zero attached hydrogens (tertiary/aromatic N) is 3. The van der Waals surface area contributed by atoms with Crippen LogP contribution in [-0.4, -0.2) is 32.2 Å². The average molecular weight is 220 g/mol. The normalized spacial score (nSPS) is 12.9. The Hall–Kier alpha value is -1.95. The van der Waals surface area contributed by atoms with Gasteiger partial charge in [-0.3, -0.25) is 4.79 Å². The predicted molar refractivity (Wildman–Crippen MR) is 57.9 cm³/mol. The lowest BCUT2D eigenvalue weighted by Crippen LogP contribution is -2.21. The minimum atomic E-state index is -0.945. The zero-order chi connectivity index (χ0) is 11.7. The molecule has 1 atom stereocenters. The van der Waals surface area contributed by atoms with Gasteiger partial charge < -0.3 is 15.4 Å². The van der Waals surface area contributed by atoms with Gasteiger partial charge in [-0.25, -0.2) is 9.97 Å². The Balaban J connectivity index is 2.50. The molecule has 0 spiro atoms. The number of hydrogen-bond acceptors (Lipinski definition) is 4. The Bertz CT molecular complexity index is 535. The number of carbonyl (C=O) groups is 1. The molecule has 2 aromatic heterocycles. The summed E-state index contributed by atoms with van der Waals surface area (Å²) in [5.74, 6) is -1.67. The summed E-state index contributed by atoms with van der Waals surface area (Å²) in [5.41, 5.74) is 7.41. The van der Waals surface area contributed by atoms with Gasteiger partial charge in [0.25, 0.3) is 0 Å². The summed E-state index contributed by atoms with van der Waals surface area (Å²) in [5, 5.41) is 8.97. The Labute approximate surface area is 91.7 Å². The first-order chi connectivity index (χ1) is 7.63. The molecule has 0 amide bonds. The van der Waals surface area contributed by atoms with E-state index in [0.29, 0.717) is 11.1 Å². The van der Waals surface area contributed by atoms with E-state index in [4.69, 9.17) is 10.8 Å². The quantitative estimate of drug-likeness (QED) is 0.764. The van der Waals surface area contributed by atoms with E-state index in [1.165, 1.54) is 6.20 Å². The van der Waals surface area contributed by atoms with Crippen molar-refractivity contribution in [3.8, 4) is 0 Å². The second-order valence-corrected chi connectivity index (χ2v) is 3.59. The highest BCUT2D eigenvalue weighted by atomic mass is 16.4. The molecule has 2 heterocycles. The fraction of sp³-hybridized carbons (Fsp3) is 0.300. The Morgan fingerprint density at radius 3 is 3.00 bits per heavy atom. The lowest BCUT2D eigenvalue weighted by atomic mass is 10.0. The number of fused-ring (bicyclic) bond motifs is 1. The van der Waals surface area contributed by atoms with Crippen molar-refractivity contribution < 1.29 is 9.90 Å². The largest absolute Gasteiger partial charge is 0.481 e. The molecule has 0 radical (unpaired) electrons. The number of aliphatic carboxylic acids is 1. The Kier molecular flexibility index (Phi) is 2.57. The van der Waals surface area contributed by atoms with Crippen LogP contribution in [0.1, 0.15) is 11.5 Å². The van der Waals surface area contributed by atoms with Gasteiger partial charge in [0.05, 0.1) is 12.2 Å². The van der Waals surface area contributed by atoms with Gasteiger partial charge in [-0.05, 0) is 11.6 Å². The smallest absolute Gasteiger partial charge is 0.312 e. The number of aromatic nitrogens is 3. The fourth-order valence-corrected chi connectivity index (χ4v) is 1.60. The molecule has 6 nitrogen and oxygen atoms in total.